The predicted octanol–water partition coefficient (Wildman–Crippen LogP) is 7.60. The summed E-state index contributed by atoms with van der Waals surface area (Å²) in [5, 5.41) is 11.0. The smallest absolute Gasteiger partial charge is 0.324 e. The molecule has 0 radical (unpaired) electrons. The van der Waals surface area contributed by atoms with Crippen LogP contribution in [0.4, 0.5) is 38.0 Å². The molecule has 2 aromatic carbocycles. The molecule has 1 N–H and O–H groups in total. The summed E-state index contributed by atoms with van der Waals surface area (Å²) >= 11 is 5.69. The van der Waals surface area contributed by atoms with Gasteiger partial charge in [0, 0.05) is 17.4 Å². The van der Waals surface area contributed by atoms with Gasteiger partial charge in [0.25, 0.3) is 0 Å². The fourth-order valence-electron chi connectivity index (χ4n) is 3.83. The number of alkyl halides is 6. The van der Waals surface area contributed by atoms with Crippen LogP contribution < -0.4 is 5.32 Å². The highest BCUT2D eigenvalue weighted by molar-refractivity contribution is 6.31. The van der Waals surface area contributed by atoms with E-state index in [2.05, 4.69) is 25.5 Å². The molecule has 5 aromatic rings. The summed E-state index contributed by atoms with van der Waals surface area (Å²) in [6.07, 6.45) is -7.87. The lowest BCUT2D eigenvalue weighted by molar-refractivity contribution is -0.138. The van der Waals surface area contributed by atoms with Crippen molar-refractivity contribution in [1.29, 1.82) is 0 Å². The second-order valence-corrected chi connectivity index (χ2v) is 8.64. The molecule has 0 aliphatic heterocycles. The largest absolute Gasteiger partial charge is 0.417 e. The number of aryl methyl sites for hydroxylation is 1. The van der Waals surface area contributed by atoms with E-state index in [1.807, 2.05) is 0 Å². The van der Waals surface area contributed by atoms with E-state index < -0.39 is 28.5 Å². The third-order valence-electron chi connectivity index (χ3n) is 5.54. The van der Waals surface area contributed by atoms with Crippen LogP contribution >= 0.6 is 11.6 Å². The minimum absolute atomic E-state index is 0.0362. The van der Waals surface area contributed by atoms with Crippen molar-refractivity contribution in [3.8, 4) is 22.5 Å². The molecule has 3 heterocycles. The lowest BCUT2D eigenvalue weighted by Gasteiger charge is -2.12. The van der Waals surface area contributed by atoms with Crippen LogP contribution in [0.15, 0.2) is 66.9 Å². The first-order valence-electron chi connectivity index (χ1n) is 10.9. The standard InChI is InChI=1S/C25H15ClF6N6/c1-13-5-8-20-21(22(37-38(20)36-13)14-3-2-4-15(11-14)24(27,28)29)19-9-10-33-23(35-19)34-16-6-7-18(26)17(12-16)25(30,31)32/h2-12H,1H3,(H,33,34,35). The maximum atomic E-state index is 13.4. The Bertz CT molecular complexity index is 1660. The third-order valence-corrected chi connectivity index (χ3v) is 5.87. The molecule has 6 nitrogen and oxygen atoms in total. The van der Waals surface area contributed by atoms with Crippen LogP contribution in [0.2, 0.25) is 5.02 Å². The molecule has 194 valence electrons. The molecular formula is C25H15ClF6N6. The summed E-state index contributed by atoms with van der Waals surface area (Å²) in [4.78, 5) is 8.49. The molecule has 0 aliphatic carbocycles. The summed E-state index contributed by atoms with van der Waals surface area (Å²) < 4.78 is 81.3. The minimum Gasteiger partial charge on any atom is -0.324 e. The molecule has 3 aromatic heterocycles. The second kappa shape index (κ2) is 9.28. The Morgan fingerprint density at radius 1 is 0.868 bits per heavy atom. The normalized spacial score (nSPS) is 12.2. The number of hydrogen-bond acceptors (Lipinski definition) is 5. The highest BCUT2D eigenvalue weighted by Crippen LogP contribution is 2.39. The van der Waals surface area contributed by atoms with Crippen molar-refractivity contribution in [2.45, 2.75) is 19.3 Å². The van der Waals surface area contributed by atoms with Gasteiger partial charge in [0.15, 0.2) is 0 Å². The first kappa shape index (κ1) is 25.5. The Morgan fingerprint density at radius 3 is 2.39 bits per heavy atom. The molecule has 0 saturated heterocycles. The van der Waals surface area contributed by atoms with Gasteiger partial charge in [-0.25, -0.2) is 9.97 Å². The zero-order valence-electron chi connectivity index (χ0n) is 19.2. The fourth-order valence-corrected chi connectivity index (χ4v) is 4.06. The summed E-state index contributed by atoms with van der Waals surface area (Å²) in [5.41, 5.74) is 0.230. The first-order valence-corrected chi connectivity index (χ1v) is 11.3. The number of rotatable bonds is 4. The molecule has 5 rings (SSSR count). The van der Waals surface area contributed by atoms with Crippen LogP contribution in [-0.2, 0) is 12.4 Å². The molecular weight excluding hydrogens is 534 g/mol. The van der Waals surface area contributed by atoms with E-state index in [1.165, 1.54) is 35.1 Å². The molecule has 0 atom stereocenters. The van der Waals surface area contributed by atoms with E-state index in [-0.39, 0.29) is 28.6 Å². The van der Waals surface area contributed by atoms with Crippen LogP contribution in [0.3, 0.4) is 0 Å². The number of halogens is 7. The first-order chi connectivity index (χ1) is 17.9. The number of nitrogens with one attached hydrogen (secondary N) is 1. The summed E-state index contributed by atoms with van der Waals surface area (Å²) in [5.74, 6) is -0.0487. The molecule has 0 fully saturated rings. The average Bonchev–Trinajstić information content (AvgIpc) is 3.23. The van der Waals surface area contributed by atoms with Gasteiger partial charge in [-0.2, -0.15) is 36.1 Å². The molecule has 0 amide bonds. The van der Waals surface area contributed by atoms with E-state index in [9.17, 15) is 26.3 Å². The van der Waals surface area contributed by atoms with Crippen molar-refractivity contribution >= 4 is 28.8 Å². The zero-order chi connectivity index (χ0) is 27.2. The lowest BCUT2D eigenvalue weighted by atomic mass is 10.0. The van der Waals surface area contributed by atoms with Gasteiger partial charge in [0.1, 0.15) is 5.69 Å². The fraction of sp³-hybridized carbons (Fsp3) is 0.120. The highest BCUT2D eigenvalue weighted by atomic mass is 35.5. The molecule has 0 spiro atoms. The van der Waals surface area contributed by atoms with E-state index in [0.717, 1.165) is 24.3 Å². The number of benzene rings is 2. The Labute approximate surface area is 215 Å². The van der Waals surface area contributed by atoms with Crippen molar-refractivity contribution in [2.75, 3.05) is 5.32 Å². The Hall–Kier alpha value is -4.19. The summed E-state index contributed by atoms with van der Waals surface area (Å²) in [6, 6.07) is 12.9. The number of hydrogen-bond donors (Lipinski definition) is 1. The van der Waals surface area contributed by atoms with Gasteiger partial charge >= 0.3 is 12.4 Å². The number of fused-ring (bicyclic) bond motifs is 1. The minimum atomic E-state index is -4.67. The van der Waals surface area contributed by atoms with Crippen molar-refractivity contribution < 1.29 is 26.3 Å². The Kier molecular flexibility index (Phi) is 6.22. The van der Waals surface area contributed by atoms with Gasteiger partial charge in [-0.15, -0.1) is 5.10 Å². The van der Waals surface area contributed by atoms with Crippen LogP contribution in [0.1, 0.15) is 16.8 Å². The molecule has 0 saturated carbocycles. The molecule has 13 heteroatoms. The maximum Gasteiger partial charge on any atom is 0.417 e. The van der Waals surface area contributed by atoms with E-state index >= 15 is 0 Å². The Morgan fingerprint density at radius 2 is 1.66 bits per heavy atom. The van der Waals surface area contributed by atoms with Crippen molar-refractivity contribution in [3.63, 3.8) is 0 Å². The average molecular weight is 549 g/mol. The van der Waals surface area contributed by atoms with Gasteiger partial charge in [-0.3, -0.25) is 0 Å². The van der Waals surface area contributed by atoms with Gasteiger partial charge in [0.2, 0.25) is 5.95 Å². The third kappa shape index (κ3) is 4.99. The van der Waals surface area contributed by atoms with E-state index in [4.69, 9.17) is 11.6 Å². The van der Waals surface area contributed by atoms with Crippen molar-refractivity contribution in [1.82, 2.24) is 24.8 Å². The van der Waals surface area contributed by atoms with Crippen LogP contribution in [-0.4, -0.2) is 24.8 Å². The molecule has 38 heavy (non-hydrogen) atoms. The molecule has 0 aliphatic rings. The topological polar surface area (TPSA) is 68.0 Å². The van der Waals surface area contributed by atoms with E-state index in [0.29, 0.717) is 16.8 Å². The molecule has 0 bridgehead atoms. The SMILES string of the molecule is Cc1ccc2c(-c3ccnc(Nc4ccc(Cl)c(C(F)(F)F)c4)n3)c(-c3cccc(C(F)(F)F)c3)nn2n1. The maximum absolute atomic E-state index is 13.4. The van der Waals surface area contributed by atoms with Gasteiger partial charge in [-0.05, 0) is 55.5 Å². The van der Waals surface area contributed by atoms with Crippen LogP contribution in [0, 0.1) is 6.92 Å². The highest BCUT2D eigenvalue weighted by Gasteiger charge is 2.33. The predicted molar refractivity (Wildman–Crippen MR) is 129 cm³/mol. The summed E-state index contributed by atoms with van der Waals surface area (Å²) in [7, 11) is 0. The number of anilines is 2. The van der Waals surface area contributed by atoms with Crippen LogP contribution in [0.5, 0.6) is 0 Å². The van der Waals surface area contributed by atoms with Crippen molar-refractivity contribution in [2.24, 2.45) is 0 Å². The Balaban J connectivity index is 1.62. The van der Waals surface area contributed by atoms with Gasteiger partial charge in [0.05, 0.1) is 38.6 Å². The number of aromatic nitrogens is 5. The van der Waals surface area contributed by atoms with Crippen LogP contribution in [0.25, 0.3) is 28.0 Å². The van der Waals surface area contributed by atoms with Gasteiger partial charge in [-0.1, -0.05) is 23.7 Å². The second-order valence-electron chi connectivity index (χ2n) is 8.23. The number of nitrogens with zero attached hydrogens (tertiary/aromatic N) is 5. The van der Waals surface area contributed by atoms with Gasteiger partial charge < -0.3 is 5.32 Å². The monoisotopic (exact) mass is 548 g/mol. The summed E-state index contributed by atoms with van der Waals surface area (Å²) in [6.45, 7) is 1.73. The quantitative estimate of drug-likeness (QED) is 0.234. The lowest BCUT2D eigenvalue weighted by Crippen LogP contribution is -2.07. The zero-order valence-corrected chi connectivity index (χ0v) is 20.0. The van der Waals surface area contributed by atoms with E-state index in [1.54, 1.807) is 19.1 Å². The molecule has 0 unspecified atom stereocenters. The van der Waals surface area contributed by atoms with Crippen molar-refractivity contribution in [3.05, 3.63) is 88.7 Å².